The molecule has 0 spiro atoms. The molecule has 0 atom stereocenters. The first-order valence-electron chi connectivity index (χ1n) is 8.25. The van der Waals surface area contributed by atoms with Crippen molar-refractivity contribution in [3.8, 4) is 11.5 Å². The zero-order chi connectivity index (χ0) is 20.1. The number of nitrogens with one attached hydrogen (secondary N) is 1. The monoisotopic (exact) mass is 393 g/mol. The third-order valence-electron chi connectivity index (χ3n) is 3.48. The van der Waals surface area contributed by atoms with Crippen LogP contribution in [-0.4, -0.2) is 25.9 Å². The lowest BCUT2D eigenvalue weighted by Gasteiger charge is -2.22. The topological polar surface area (TPSA) is 83.1 Å². The Hall–Kier alpha value is -2.50. The molecule has 146 valence electrons. The van der Waals surface area contributed by atoms with Gasteiger partial charge in [-0.1, -0.05) is 0 Å². The van der Waals surface area contributed by atoms with E-state index in [0.29, 0.717) is 22.1 Å². The normalized spacial score (nSPS) is 11.6. The van der Waals surface area contributed by atoms with E-state index in [9.17, 15) is 9.36 Å². The zero-order valence-corrected chi connectivity index (χ0v) is 16.9. The fourth-order valence-electron chi connectivity index (χ4n) is 2.21. The molecule has 0 radical (unpaired) electrons. The Morgan fingerprint density at radius 2 is 1.26 bits per heavy atom. The number of hydrogen-bond acceptors (Lipinski definition) is 6. The molecule has 0 aliphatic heterocycles. The molecule has 0 saturated heterocycles. The summed E-state index contributed by atoms with van der Waals surface area (Å²) in [5.74, 6) is 1.22. The lowest BCUT2D eigenvalue weighted by Crippen LogP contribution is -2.34. The maximum atomic E-state index is 13.7. The van der Waals surface area contributed by atoms with E-state index in [1.807, 2.05) is 0 Å². The van der Waals surface area contributed by atoms with Crippen LogP contribution in [0.4, 0.5) is 4.79 Å². The van der Waals surface area contributed by atoms with Gasteiger partial charge in [0.1, 0.15) is 17.1 Å². The number of amides is 1. The fraction of sp³-hybridized carbons (Fsp3) is 0.316. The molecule has 1 N–H and O–H groups in total. The van der Waals surface area contributed by atoms with Gasteiger partial charge in [-0.2, -0.15) is 5.48 Å². The molecule has 0 fully saturated rings. The number of benzene rings is 2. The summed E-state index contributed by atoms with van der Waals surface area (Å²) < 4.78 is 34.5. The average molecular weight is 393 g/mol. The first-order chi connectivity index (χ1) is 12.7. The lowest BCUT2D eigenvalue weighted by atomic mass is 10.2. The average Bonchev–Trinajstić information content (AvgIpc) is 2.65. The number of methoxy groups -OCH3 is 2. The van der Waals surface area contributed by atoms with E-state index >= 15 is 0 Å². The maximum absolute atomic E-state index is 13.7. The molecule has 0 aliphatic carbocycles. The van der Waals surface area contributed by atoms with Crippen LogP contribution in [0.2, 0.25) is 0 Å². The summed E-state index contributed by atoms with van der Waals surface area (Å²) in [5.41, 5.74) is 1.44. The largest absolute Gasteiger partial charge is 0.497 e. The summed E-state index contributed by atoms with van der Waals surface area (Å²) in [5, 5.41) is 0.786. The predicted molar refractivity (Wildman–Crippen MR) is 103 cm³/mol. The molecule has 0 saturated carbocycles. The molecule has 0 unspecified atom stereocenters. The van der Waals surface area contributed by atoms with E-state index in [1.165, 1.54) is 0 Å². The Morgan fingerprint density at radius 1 is 0.852 bits per heavy atom. The van der Waals surface area contributed by atoms with Gasteiger partial charge in [0, 0.05) is 10.6 Å². The minimum Gasteiger partial charge on any atom is -0.497 e. The smallest absolute Gasteiger partial charge is 0.432 e. The maximum Gasteiger partial charge on any atom is 0.432 e. The predicted octanol–water partition coefficient (Wildman–Crippen LogP) is 3.39. The van der Waals surface area contributed by atoms with Crippen molar-refractivity contribution < 1.29 is 28.2 Å². The summed E-state index contributed by atoms with van der Waals surface area (Å²) in [6.07, 6.45) is -0.829. The van der Waals surface area contributed by atoms with Crippen LogP contribution < -0.4 is 25.6 Å². The molecule has 0 bridgehead atoms. The summed E-state index contributed by atoms with van der Waals surface area (Å²) in [7, 11) is -0.547. The molecule has 8 heteroatoms. The molecule has 2 aromatic carbocycles. The second-order valence-corrected chi connectivity index (χ2v) is 8.96. The van der Waals surface area contributed by atoms with Gasteiger partial charge >= 0.3 is 6.09 Å². The molecule has 2 rings (SSSR count). The standard InChI is InChI=1S/C19H24NO6P/c1-19(2,3)25-18(21)20-26-27(22,16-10-6-14(23-4)7-11-16)17-12-8-15(24-5)9-13-17/h6-13H,1-5H3,(H,20,21). The van der Waals surface area contributed by atoms with Crippen LogP contribution >= 0.6 is 7.37 Å². The van der Waals surface area contributed by atoms with E-state index in [0.717, 1.165) is 0 Å². The zero-order valence-electron chi connectivity index (χ0n) is 16.0. The van der Waals surface area contributed by atoms with Crippen molar-refractivity contribution in [2.24, 2.45) is 0 Å². The Kier molecular flexibility index (Phi) is 6.52. The van der Waals surface area contributed by atoms with Crippen molar-refractivity contribution in [2.45, 2.75) is 26.4 Å². The number of hydrogen-bond donors (Lipinski definition) is 1. The van der Waals surface area contributed by atoms with Gasteiger partial charge in [-0.25, -0.2) is 9.42 Å². The van der Waals surface area contributed by atoms with Gasteiger partial charge in [0.25, 0.3) is 7.37 Å². The fourth-order valence-corrected chi connectivity index (χ4v) is 4.01. The Balaban J connectivity index is 2.34. The van der Waals surface area contributed by atoms with Gasteiger partial charge in [0.15, 0.2) is 0 Å². The highest BCUT2D eigenvalue weighted by Gasteiger charge is 2.31. The Bertz CT molecular complexity index is 760. The minimum absolute atomic E-state index is 0.393. The van der Waals surface area contributed by atoms with Crippen LogP contribution in [0.15, 0.2) is 48.5 Å². The molecular formula is C19H24NO6P. The number of hydroxylamine groups is 1. The van der Waals surface area contributed by atoms with Gasteiger partial charge in [-0.15, -0.1) is 0 Å². The van der Waals surface area contributed by atoms with E-state index in [2.05, 4.69) is 5.48 Å². The highest BCUT2D eigenvalue weighted by Crippen LogP contribution is 2.44. The minimum atomic E-state index is -3.63. The Morgan fingerprint density at radius 3 is 1.59 bits per heavy atom. The second-order valence-electron chi connectivity index (χ2n) is 6.64. The number of carbonyl (C=O) groups is 1. The SMILES string of the molecule is COc1ccc(P(=O)(ONC(=O)OC(C)(C)C)c2ccc(OC)cc2)cc1. The van der Waals surface area contributed by atoms with Crippen LogP contribution in [0, 0.1) is 0 Å². The van der Waals surface area contributed by atoms with Gasteiger partial charge in [-0.3, -0.25) is 4.57 Å². The second kappa shape index (κ2) is 8.46. The molecule has 1 amide bonds. The van der Waals surface area contributed by atoms with Crippen molar-refractivity contribution in [1.82, 2.24) is 5.48 Å². The van der Waals surface area contributed by atoms with E-state index in [-0.39, 0.29) is 0 Å². The van der Waals surface area contributed by atoms with Crippen molar-refractivity contribution in [2.75, 3.05) is 14.2 Å². The first kappa shape index (κ1) is 20.8. The van der Waals surface area contributed by atoms with Gasteiger partial charge < -0.3 is 14.2 Å². The van der Waals surface area contributed by atoms with Crippen LogP contribution in [0.5, 0.6) is 11.5 Å². The van der Waals surface area contributed by atoms with Crippen LogP contribution in [0.1, 0.15) is 20.8 Å². The number of rotatable bonds is 6. The molecule has 0 aromatic heterocycles. The Labute approximate surface area is 159 Å². The van der Waals surface area contributed by atoms with Crippen molar-refractivity contribution in [3.63, 3.8) is 0 Å². The third-order valence-corrected chi connectivity index (χ3v) is 5.79. The van der Waals surface area contributed by atoms with Crippen molar-refractivity contribution >= 4 is 24.1 Å². The highest BCUT2D eigenvalue weighted by atomic mass is 31.2. The first-order valence-corrected chi connectivity index (χ1v) is 9.87. The van der Waals surface area contributed by atoms with E-state index < -0.39 is 19.1 Å². The van der Waals surface area contributed by atoms with Gasteiger partial charge in [0.05, 0.1) is 14.2 Å². The van der Waals surface area contributed by atoms with Crippen LogP contribution in [0.25, 0.3) is 0 Å². The van der Waals surface area contributed by atoms with Crippen LogP contribution in [-0.2, 0) is 13.9 Å². The summed E-state index contributed by atoms with van der Waals surface area (Å²) in [6.45, 7) is 5.16. The highest BCUT2D eigenvalue weighted by molar-refractivity contribution is 7.74. The molecule has 2 aromatic rings. The van der Waals surface area contributed by atoms with Crippen molar-refractivity contribution in [1.29, 1.82) is 0 Å². The number of ether oxygens (including phenoxy) is 3. The van der Waals surface area contributed by atoms with Crippen molar-refractivity contribution in [3.05, 3.63) is 48.5 Å². The molecule has 0 heterocycles. The van der Waals surface area contributed by atoms with Crippen LogP contribution in [0.3, 0.4) is 0 Å². The van der Waals surface area contributed by atoms with Gasteiger partial charge in [-0.05, 0) is 69.3 Å². The van der Waals surface area contributed by atoms with Gasteiger partial charge in [0.2, 0.25) is 0 Å². The lowest BCUT2D eigenvalue weighted by molar-refractivity contribution is 0.0299. The third kappa shape index (κ3) is 5.49. The van der Waals surface area contributed by atoms with E-state index in [1.54, 1.807) is 83.5 Å². The summed E-state index contributed by atoms with van der Waals surface area (Å²) >= 11 is 0. The molecule has 27 heavy (non-hydrogen) atoms. The molecule has 7 nitrogen and oxygen atoms in total. The summed E-state index contributed by atoms with van der Waals surface area (Å²) in [6, 6.07) is 13.2. The molecular weight excluding hydrogens is 369 g/mol. The quantitative estimate of drug-likeness (QED) is 0.598. The summed E-state index contributed by atoms with van der Waals surface area (Å²) in [4.78, 5) is 11.9. The molecule has 0 aliphatic rings. The number of carbonyl (C=O) groups excluding carboxylic acids is 1. The van der Waals surface area contributed by atoms with E-state index in [4.69, 9.17) is 18.8 Å².